The number of fused-ring (bicyclic) bond motifs is 1. The van der Waals surface area contributed by atoms with E-state index in [2.05, 4.69) is 0 Å². The zero-order valence-corrected chi connectivity index (χ0v) is 20.0. The molecule has 37 heavy (non-hydrogen) atoms. The Morgan fingerprint density at radius 2 is 1.30 bits per heavy atom. The molecule has 180 valence electrons. The third-order valence-electron chi connectivity index (χ3n) is 7.00. The average Bonchev–Trinajstić information content (AvgIpc) is 3.64. The van der Waals surface area contributed by atoms with Crippen LogP contribution in [-0.4, -0.2) is 34.4 Å². The molecule has 4 aromatic carbocycles. The minimum atomic E-state index is -0.647. The second-order valence-electron chi connectivity index (χ2n) is 9.24. The number of aryl methyl sites for hydroxylation is 1. The van der Waals surface area contributed by atoms with Crippen LogP contribution in [0.4, 0.5) is 5.69 Å². The number of rotatable bonds is 5. The van der Waals surface area contributed by atoms with E-state index in [1.807, 2.05) is 55.5 Å². The molecule has 0 bridgehead atoms. The Morgan fingerprint density at radius 1 is 0.676 bits per heavy atom. The summed E-state index contributed by atoms with van der Waals surface area (Å²) in [7, 11) is 0. The van der Waals surface area contributed by atoms with Crippen LogP contribution >= 0.6 is 0 Å². The molecule has 0 spiro atoms. The Bertz CT molecular complexity index is 1580. The number of benzene rings is 4. The van der Waals surface area contributed by atoms with Gasteiger partial charge in [-0.05, 0) is 42.3 Å². The van der Waals surface area contributed by atoms with Gasteiger partial charge in [-0.1, -0.05) is 78.9 Å². The number of carbonyl (C=O) groups excluding carboxylic acids is 4. The van der Waals surface area contributed by atoms with Gasteiger partial charge in [0.2, 0.25) is 0 Å². The van der Waals surface area contributed by atoms with E-state index in [0.717, 1.165) is 16.0 Å². The van der Waals surface area contributed by atoms with Gasteiger partial charge < -0.3 is 4.90 Å². The lowest BCUT2D eigenvalue weighted by atomic mass is 10.0. The first kappa shape index (κ1) is 22.6. The van der Waals surface area contributed by atoms with Crippen molar-refractivity contribution >= 4 is 29.2 Å². The molecule has 0 N–H and O–H groups in total. The topological polar surface area (TPSA) is 74.5 Å². The molecule has 2 atom stereocenters. The van der Waals surface area contributed by atoms with Gasteiger partial charge in [0.25, 0.3) is 17.7 Å². The van der Waals surface area contributed by atoms with Crippen molar-refractivity contribution in [3.05, 3.63) is 137 Å². The normalized spacial score (nSPS) is 18.1. The van der Waals surface area contributed by atoms with Crippen LogP contribution in [0.2, 0.25) is 0 Å². The lowest BCUT2D eigenvalue weighted by Crippen LogP contribution is -2.29. The number of carbonyl (C=O) groups is 4. The smallest absolute Gasteiger partial charge is 0.266 e. The molecule has 6 rings (SSSR count). The predicted octanol–water partition coefficient (Wildman–Crippen LogP) is 5.24. The minimum absolute atomic E-state index is 0.138. The molecule has 0 saturated carbocycles. The Kier molecular flexibility index (Phi) is 5.30. The summed E-state index contributed by atoms with van der Waals surface area (Å²) in [5.41, 5.74) is 3.41. The second-order valence-corrected chi connectivity index (χ2v) is 9.24. The van der Waals surface area contributed by atoms with Gasteiger partial charge in [-0.25, -0.2) is 4.90 Å². The third kappa shape index (κ3) is 3.65. The van der Waals surface area contributed by atoms with Crippen LogP contribution in [0.1, 0.15) is 58.6 Å². The van der Waals surface area contributed by atoms with Crippen molar-refractivity contribution in [3.8, 4) is 0 Å². The van der Waals surface area contributed by atoms with Gasteiger partial charge in [0.15, 0.2) is 5.78 Å². The number of para-hydroxylation sites is 1. The van der Waals surface area contributed by atoms with Crippen LogP contribution in [0.5, 0.6) is 0 Å². The van der Waals surface area contributed by atoms with Gasteiger partial charge in [0.05, 0.1) is 22.9 Å². The van der Waals surface area contributed by atoms with Gasteiger partial charge in [0.1, 0.15) is 6.04 Å². The minimum Gasteiger partial charge on any atom is -0.316 e. The van der Waals surface area contributed by atoms with E-state index in [9.17, 15) is 19.2 Å². The van der Waals surface area contributed by atoms with E-state index >= 15 is 0 Å². The van der Waals surface area contributed by atoms with Crippen LogP contribution < -0.4 is 4.90 Å². The van der Waals surface area contributed by atoms with Gasteiger partial charge in [0, 0.05) is 11.1 Å². The summed E-state index contributed by atoms with van der Waals surface area (Å²) >= 11 is 0. The number of imide groups is 1. The SMILES string of the molecule is Cc1ccccc1N1C(=O)c2ccc(C(=O)N3[C@@H](C(=O)c4ccccc4)[C@@H]3c3ccccc3)cc2C1=O. The molecule has 3 amide bonds. The van der Waals surface area contributed by atoms with Crippen molar-refractivity contribution in [2.75, 3.05) is 4.90 Å². The van der Waals surface area contributed by atoms with Crippen LogP contribution in [0, 0.1) is 6.92 Å². The number of hydrogen-bond acceptors (Lipinski definition) is 4. The average molecular weight is 487 g/mol. The van der Waals surface area contributed by atoms with Crippen LogP contribution in [0.25, 0.3) is 0 Å². The molecule has 0 aromatic heterocycles. The third-order valence-corrected chi connectivity index (χ3v) is 7.00. The lowest BCUT2D eigenvalue weighted by molar-refractivity contribution is 0.0833. The molecule has 4 aromatic rings. The molecular weight excluding hydrogens is 464 g/mol. The van der Waals surface area contributed by atoms with Gasteiger partial charge in [-0.3, -0.25) is 19.2 Å². The zero-order chi connectivity index (χ0) is 25.7. The van der Waals surface area contributed by atoms with Gasteiger partial charge in [-0.15, -0.1) is 0 Å². The Balaban J connectivity index is 1.34. The van der Waals surface area contributed by atoms with E-state index in [-0.39, 0.29) is 28.4 Å². The summed E-state index contributed by atoms with van der Waals surface area (Å²) in [6, 6.07) is 29.0. The maximum absolute atomic E-state index is 13.7. The number of amides is 3. The van der Waals surface area contributed by atoms with Crippen LogP contribution in [-0.2, 0) is 0 Å². The summed E-state index contributed by atoms with van der Waals surface area (Å²) in [5.74, 6) is -1.38. The van der Waals surface area contributed by atoms with E-state index < -0.39 is 23.9 Å². The molecule has 6 heteroatoms. The van der Waals surface area contributed by atoms with Gasteiger partial charge >= 0.3 is 0 Å². The number of ketones is 1. The number of hydrogen-bond donors (Lipinski definition) is 0. The van der Waals surface area contributed by atoms with Crippen LogP contribution in [0.15, 0.2) is 103 Å². The van der Waals surface area contributed by atoms with Crippen molar-refractivity contribution < 1.29 is 19.2 Å². The van der Waals surface area contributed by atoms with Crippen molar-refractivity contribution in [2.45, 2.75) is 19.0 Å². The number of nitrogens with zero attached hydrogens (tertiary/aromatic N) is 2. The fourth-order valence-corrected chi connectivity index (χ4v) is 5.08. The Labute approximate surface area is 213 Å². The maximum Gasteiger partial charge on any atom is 0.266 e. The van der Waals surface area contributed by atoms with E-state index in [1.165, 1.54) is 12.1 Å². The quantitative estimate of drug-likeness (QED) is 0.220. The first-order valence-electron chi connectivity index (χ1n) is 12.0. The van der Waals surface area contributed by atoms with Gasteiger partial charge in [-0.2, -0.15) is 0 Å². The van der Waals surface area contributed by atoms with E-state index in [1.54, 1.807) is 47.4 Å². The Hall–Kier alpha value is -4.84. The predicted molar refractivity (Wildman–Crippen MR) is 139 cm³/mol. The monoisotopic (exact) mass is 486 g/mol. The fraction of sp³-hybridized carbons (Fsp3) is 0.0968. The second kappa shape index (κ2) is 8.68. The molecular formula is C31H22N2O4. The van der Waals surface area contributed by atoms with Crippen molar-refractivity contribution in [2.24, 2.45) is 0 Å². The first-order valence-corrected chi connectivity index (χ1v) is 12.0. The fourth-order valence-electron chi connectivity index (χ4n) is 5.08. The Morgan fingerprint density at radius 3 is 2.00 bits per heavy atom. The summed E-state index contributed by atoms with van der Waals surface area (Å²) in [6.45, 7) is 1.84. The number of Topliss-reactive ketones (excluding diaryl/α,β-unsaturated/α-hetero) is 1. The summed E-state index contributed by atoms with van der Waals surface area (Å²) in [5, 5.41) is 0. The molecule has 1 fully saturated rings. The first-order chi connectivity index (χ1) is 18.0. The zero-order valence-electron chi connectivity index (χ0n) is 20.0. The summed E-state index contributed by atoms with van der Waals surface area (Å²) in [4.78, 5) is 56.1. The van der Waals surface area contributed by atoms with E-state index in [4.69, 9.17) is 0 Å². The summed E-state index contributed by atoms with van der Waals surface area (Å²) in [6.07, 6.45) is 0. The highest BCUT2D eigenvalue weighted by Gasteiger charge is 2.56. The van der Waals surface area contributed by atoms with Crippen molar-refractivity contribution in [1.29, 1.82) is 0 Å². The highest BCUT2D eigenvalue weighted by atomic mass is 16.2. The maximum atomic E-state index is 13.7. The molecule has 2 aliphatic heterocycles. The molecule has 1 saturated heterocycles. The van der Waals surface area contributed by atoms with Crippen molar-refractivity contribution in [3.63, 3.8) is 0 Å². The van der Waals surface area contributed by atoms with Crippen molar-refractivity contribution in [1.82, 2.24) is 4.90 Å². The van der Waals surface area contributed by atoms with Crippen LogP contribution in [0.3, 0.4) is 0 Å². The summed E-state index contributed by atoms with van der Waals surface area (Å²) < 4.78 is 0. The molecule has 0 aliphatic carbocycles. The highest BCUT2D eigenvalue weighted by molar-refractivity contribution is 6.35. The standard InChI is InChI=1S/C31H22N2O4/c1-19-10-8-9-15-25(19)32-30(36)23-17-16-22(18-24(23)31(32)37)29(35)33-26(20-11-4-2-5-12-20)27(33)28(34)21-13-6-3-7-14-21/h2-18,26-27H,1H3/t26-,27+,33?/m0/s1. The molecule has 2 heterocycles. The molecule has 6 nitrogen and oxygen atoms in total. The molecule has 2 aliphatic rings. The molecule has 0 unspecified atom stereocenters. The number of anilines is 1. The highest BCUT2D eigenvalue weighted by Crippen LogP contribution is 2.46. The largest absolute Gasteiger partial charge is 0.316 e. The van der Waals surface area contributed by atoms with E-state index in [0.29, 0.717) is 11.3 Å². The molecule has 0 radical (unpaired) electrons. The lowest BCUT2D eigenvalue weighted by Gasteiger charge is -2.16.